The topological polar surface area (TPSA) is 49.8 Å². The third kappa shape index (κ3) is 2.90. The highest BCUT2D eigenvalue weighted by atomic mass is 16.5. The van der Waals surface area contributed by atoms with Gasteiger partial charge >= 0.3 is 5.97 Å². The zero-order valence-corrected chi connectivity index (χ0v) is 10.6. The minimum Gasteiger partial charge on any atom is -0.492 e. The molecule has 0 unspecified atom stereocenters. The molecule has 1 aromatic rings. The van der Waals surface area contributed by atoms with Gasteiger partial charge in [-0.05, 0) is 43.4 Å². The average Bonchev–Trinajstić information content (AvgIpc) is 2.71. The van der Waals surface area contributed by atoms with Crippen molar-refractivity contribution in [3.05, 3.63) is 34.9 Å². The molecular formula is C14H17NO3. The Balaban J connectivity index is 2.04. The number of aliphatic carboxylic acids is 1. The Morgan fingerprint density at radius 1 is 1.44 bits per heavy atom. The van der Waals surface area contributed by atoms with Crippen LogP contribution >= 0.6 is 0 Å². The Hall–Kier alpha value is -1.81. The number of carboxylic acids is 1. The van der Waals surface area contributed by atoms with Crippen molar-refractivity contribution >= 4 is 12.0 Å². The number of hydrogen-bond acceptors (Lipinski definition) is 3. The number of rotatable bonds is 5. The summed E-state index contributed by atoms with van der Waals surface area (Å²) < 4.78 is 5.62. The second kappa shape index (κ2) is 5.23. The Bertz CT molecular complexity index is 492. The normalized spacial score (nSPS) is 13.4. The van der Waals surface area contributed by atoms with Crippen molar-refractivity contribution in [1.29, 1.82) is 0 Å². The van der Waals surface area contributed by atoms with Crippen LogP contribution in [-0.4, -0.2) is 43.2 Å². The maximum Gasteiger partial charge on any atom is 0.331 e. The monoisotopic (exact) mass is 247 g/mol. The van der Waals surface area contributed by atoms with Crippen LogP contribution in [0, 0.1) is 0 Å². The first-order chi connectivity index (χ1) is 8.56. The van der Waals surface area contributed by atoms with Gasteiger partial charge in [0.05, 0.1) is 0 Å². The van der Waals surface area contributed by atoms with Gasteiger partial charge in [0.1, 0.15) is 12.4 Å². The lowest BCUT2D eigenvalue weighted by Crippen LogP contribution is -2.19. The first-order valence-electron chi connectivity index (χ1n) is 5.90. The van der Waals surface area contributed by atoms with Gasteiger partial charge in [-0.1, -0.05) is 6.07 Å². The van der Waals surface area contributed by atoms with E-state index in [1.54, 1.807) is 6.08 Å². The third-order valence-electron chi connectivity index (χ3n) is 2.91. The van der Waals surface area contributed by atoms with Crippen molar-refractivity contribution in [2.75, 3.05) is 27.2 Å². The third-order valence-corrected chi connectivity index (χ3v) is 2.91. The zero-order chi connectivity index (χ0) is 13.1. The molecule has 0 aliphatic heterocycles. The largest absolute Gasteiger partial charge is 0.492 e. The number of carbonyl (C=O) groups is 1. The highest BCUT2D eigenvalue weighted by molar-refractivity contribution is 5.95. The summed E-state index contributed by atoms with van der Waals surface area (Å²) in [4.78, 5) is 12.9. The number of likely N-dealkylation sites (N-methyl/N-ethyl adjacent to an activating group) is 1. The van der Waals surface area contributed by atoms with Gasteiger partial charge in [-0.15, -0.1) is 0 Å². The van der Waals surface area contributed by atoms with Crippen LogP contribution in [0.1, 0.15) is 11.1 Å². The predicted molar refractivity (Wildman–Crippen MR) is 69.8 cm³/mol. The summed E-state index contributed by atoms with van der Waals surface area (Å²) in [6, 6.07) is 5.74. The lowest BCUT2D eigenvalue weighted by Gasteiger charge is -2.11. The van der Waals surface area contributed by atoms with Crippen molar-refractivity contribution in [3.8, 4) is 5.75 Å². The van der Waals surface area contributed by atoms with Gasteiger partial charge in [0.2, 0.25) is 0 Å². The van der Waals surface area contributed by atoms with Crippen LogP contribution in [0.5, 0.6) is 5.75 Å². The molecule has 96 valence electrons. The quantitative estimate of drug-likeness (QED) is 0.859. The van der Waals surface area contributed by atoms with Crippen LogP contribution in [0.25, 0.3) is 6.08 Å². The fourth-order valence-corrected chi connectivity index (χ4v) is 1.89. The Morgan fingerprint density at radius 3 is 2.89 bits per heavy atom. The number of carboxylic acid groups (broad SMARTS) is 1. The molecule has 0 bridgehead atoms. The molecule has 4 nitrogen and oxygen atoms in total. The number of nitrogens with zero attached hydrogens (tertiary/aromatic N) is 1. The summed E-state index contributed by atoms with van der Waals surface area (Å²) >= 11 is 0. The molecule has 1 aliphatic carbocycles. The average molecular weight is 247 g/mol. The van der Waals surface area contributed by atoms with E-state index >= 15 is 0 Å². The van der Waals surface area contributed by atoms with Gasteiger partial charge < -0.3 is 14.7 Å². The number of fused-ring (bicyclic) bond motifs is 1. The fourth-order valence-electron chi connectivity index (χ4n) is 1.89. The zero-order valence-electron chi connectivity index (χ0n) is 10.6. The highest BCUT2D eigenvalue weighted by Crippen LogP contribution is 2.28. The van der Waals surface area contributed by atoms with E-state index in [4.69, 9.17) is 9.84 Å². The van der Waals surface area contributed by atoms with E-state index < -0.39 is 5.97 Å². The van der Waals surface area contributed by atoms with E-state index in [-0.39, 0.29) is 0 Å². The molecular weight excluding hydrogens is 230 g/mol. The molecule has 0 aromatic heterocycles. The maximum atomic E-state index is 10.9. The SMILES string of the molecule is CN(C)CCOc1ccc2c(c1)C=C(C(=O)O)C2. The van der Waals surface area contributed by atoms with Crippen molar-refractivity contribution in [3.63, 3.8) is 0 Å². The first kappa shape index (κ1) is 12.6. The van der Waals surface area contributed by atoms with Gasteiger partial charge in [-0.2, -0.15) is 0 Å². The molecule has 0 spiro atoms. The number of ether oxygens (including phenoxy) is 1. The molecule has 0 amide bonds. The Labute approximate surface area is 106 Å². The summed E-state index contributed by atoms with van der Waals surface area (Å²) in [5.41, 5.74) is 2.44. The Kier molecular flexibility index (Phi) is 3.67. The minimum atomic E-state index is -0.846. The molecule has 1 N–H and O–H groups in total. The van der Waals surface area contributed by atoms with E-state index in [1.807, 2.05) is 32.3 Å². The second-order valence-corrected chi connectivity index (χ2v) is 4.66. The minimum absolute atomic E-state index is 0.440. The lowest BCUT2D eigenvalue weighted by atomic mass is 10.1. The summed E-state index contributed by atoms with van der Waals surface area (Å²) in [5, 5.41) is 8.95. The molecule has 0 fully saturated rings. The van der Waals surface area contributed by atoms with Crippen molar-refractivity contribution < 1.29 is 14.6 Å². The highest BCUT2D eigenvalue weighted by Gasteiger charge is 2.18. The van der Waals surface area contributed by atoms with Crippen LogP contribution in [0.3, 0.4) is 0 Å². The van der Waals surface area contributed by atoms with E-state index in [0.29, 0.717) is 18.6 Å². The molecule has 0 heterocycles. The first-order valence-corrected chi connectivity index (χ1v) is 5.90. The van der Waals surface area contributed by atoms with Gasteiger partial charge in [0.15, 0.2) is 0 Å². The number of benzene rings is 1. The van der Waals surface area contributed by atoms with Crippen LogP contribution in [0.2, 0.25) is 0 Å². The summed E-state index contributed by atoms with van der Waals surface area (Å²) in [5.74, 6) is -0.0558. The molecule has 0 saturated heterocycles. The molecule has 0 saturated carbocycles. The second-order valence-electron chi connectivity index (χ2n) is 4.66. The van der Waals surface area contributed by atoms with Crippen molar-refractivity contribution in [2.24, 2.45) is 0 Å². The fraction of sp³-hybridized carbons (Fsp3) is 0.357. The summed E-state index contributed by atoms with van der Waals surface area (Å²) in [6.45, 7) is 1.48. The smallest absolute Gasteiger partial charge is 0.331 e. The van der Waals surface area contributed by atoms with E-state index in [0.717, 1.165) is 23.4 Å². The summed E-state index contributed by atoms with van der Waals surface area (Å²) in [7, 11) is 3.99. The molecule has 2 rings (SSSR count). The molecule has 18 heavy (non-hydrogen) atoms. The van der Waals surface area contributed by atoms with E-state index in [2.05, 4.69) is 4.90 Å². The van der Waals surface area contributed by atoms with Gasteiger partial charge in [0.25, 0.3) is 0 Å². The molecule has 0 radical (unpaired) electrons. The Morgan fingerprint density at radius 2 is 2.22 bits per heavy atom. The molecule has 0 atom stereocenters. The van der Waals surface area contributed by atoms with Crippen LogP contribution in [0.4, 0.5) is 0 Å². The molecule has 1 aliphatic rings. The van der Waals surface area contributed by atoms with E-state index in [1.165, 1.54) is 0 Å². The van der Waals surface area contributed by atoms with Gasteiger partial charge in [0, 0.05) is 18.5 Å². The lowest BCUT2D eigenvalue weighted by molar-refractivity contribution is -0.132. The van der Waals surface area contributed by atoms with Crippen molar-refractivity contribution in [1.82, 2.24) is 4.90 Å². The van der Waals surface area contributed by atoms with Gasteiger partial charge in [-0.3, -0.25) is 0 Å². The van der Waals surface area contributed by atoms with E-state index in [9.17, 15) is 4.79 Å². The molecule has 4 heteroatoms. The predicted octanol–water partition coefficient (Wildman–Crippen LogP) is 1.65. The standard InChI is InChI=1S/C14H17NO3/c1-15(2)5-6-18-13-4-3-10-7-12(14(16)17)8-11(10)9-13/h3-4,8-9H,5-7H2,1-2H3,(H,16,17). The van der Waals surface area contributed by atoms with Gasteiger partial charge in [-0.25, -0.2) is 4.79 Å². The summed E-state index contributed by atoms with van der Waals surface area (Å²) in [6.07, 6.45) is 2.22. The van der Waals surface area contributed by atoms with Crippen LogP contribution < -0.4 is 4.74 Å². The molecule has 1 aromatic carbocycles. The van der Waals surface area contributed by atoms with Crippen LogP contribution in [-0.2, 0) is 11.2 Å². The van der Waals surface area contributed by atoms with Crippen LogP contribution in [0.15, 0.2) is 23.8 Å². The number of hydrogen-bond donors (Lipinski definition) is 1. The maximum absolute atomic E-state index is 10.9. The van der Waals surface area contributed by atoms with Crippen molar-refractivity contribution in [2.45, 2.75) is 6.42 Å².